The smallest absolute Gasteiger partial charge is 0.349 e. The van der Waals surface area contributed by atoms with Gasteiger partial charge < -0.3 is 19.6 Å². The lowest BCUT2D eigenvalue weighted by Crippen LogP contribution is -2.36. The third-order valence-corrected chi connectivity index (χ3v) is 6.90. The minimum atomic E-state index is 0.731. The highest BCUT2D eigenvalue weighted by atomic mass is 15.4. The average Bonchev–Trinajstić information content (AvgIpc) is 2.93. The molecule has 3 aromatic rings. The maximum atomic E-state index is 5.12. The Balaban J connectivity index is 2.42. The molecule has 0 amide bonds. The van der Waals surface area contributed by atoms with Gasteiger partial charge in [-0.25, -0.2) is 30.6 Å². The van der Waals surface area contributed by atoms with E-state index in [0.29, 0.717) is 0 Å². The molecule has 0 saturated heterocycles. The normalized spacial score (nSPS) is 10.6. The van der Waals surface area contributed by atoms with Gasteiger partial charge in [0.1, 0.15) is 22.7 Å². The summed E-state index contributed by atoms with van der Waals surface area (Å²) in [6.07, 6.45) is 0. The van der Waals surface area contributed by atoms with E-state index >= 15 is 0 Å². The largest absolute Gasteiger partial charge is 0.352 e. The van der Waals surface area contributed by atoms with E-state index in [0.717, 1.165) is 68.7 Å². The lowest BCUT2D eigenvalue weighted by atomic mass is 10.2. The number of hydrogen-bond donors (Lipinski definition) is 2. The summed E-state index contributed by atoms with van der Waals surface area (Å²) >= 11 is 0. The van der Waals surface area contributed by atoms with Gasteiger partial charge in [-0.05, 0) is 12.1 Å². The molecule has 0 aliphatic carbocycles. The van der Waals surface area contributed by atoms with Gasteiger partial charge in [-0.2, -0.15) is 0 Å². The summed E-state index contributed by atoms with van der Waals surface area (Å²) < 4.78 is 4.06. The molecule has 0 bridgehead atoms. The van der Waals surface area contributed by atoms with Crippen LogP contribution in [0.25, 0.3) is 22.1 Å². The molecule has 0 radical (unpaired) electrons. The average molecular weight is 635 g/mol. The number of hydrogen-bond acceptors (Lipinski definition) is 4. The van der Waals surface area contributed by atoms with Crippen LogP contribution in [0.1, 0.15) is 0 Å². The fourth-order valence-corrected chi connectivity index (χ4v) is 5.04. The molecule has 3 rings (SSSR count). The Hall–Kier alpha value is -4.88. The fourth-order valence-electron chi connectivity index (χ4n) is 5.04. The van der Waals surface area contributed by atoms with Crippen molar-refractivity contribution in [3.63, 3.8) is 0 Å². The van der Waals surface area contributed by atoms with Gasteiger partial charge in [0.15, 0.2) is 0 Å². The predicted octanol–water partition coefficient (Wildman–Crippen LogP) is 2.21. The summed E-state index contributed by atoms with van der Waals surface area (Å²) in [5, 5.41) is 7.17. The first kappa shape index (κ1) is 35.6. The highest BCUT2D eigenvalue weighted by Gasteiger charge is 2.21. The molecule has 0 fully saturated rings. The van der Waals surface area contributed by atoms with Crippen LogP contribution in [-0.4, -0.2) is 185 Å². The van der Waals surface area contributed by atoms with E-state index in [9.17, 15) is 0 Å². The summed E-state index contributed by atoms with van der Waals surface area (Å²) in [4.78, 5) is 32.4. The van der Waals surface area contributed by atoms with Crippen LogP contribution in [-0.2, 0) is 0 Å². The number of anilines is 2. The van der Waals surface area contributed by atoms with Gasteiger partial charge in [0.25, 0.3) is 0 Å². The van der Waals surface area contributed by atoms with Gasteiger partial charge in [-0.15, -0.1) is 0 Å². The summed E-state index contributed by atoms with van der Waals surface area (Å²) in [5.41, 5.74) is 6.08. The first-order valence-electron chi connectivity index (χ1n) is 15.0. The van der Waals surface area contributed by atoms with Gasteiger partial charge >= 0.3 is 11.9 Å². The highest BCUT2D eigenvalue weighted by Crippen LogP contribution is 2.34. The van der Waals surface area contributed by atoms with Gasteiger partial charge in [-0.1, -0.05) is 0 Å². The van der Waals surface area contributed by atoms with E-state index in [1.54, 1.807) is 0 Å². The molecular weight excluding hydrogens is 580 g/mol. The van der Waals surface area contributed by atoms with Gasteiger partial charge in [0.05, 0.1) is 78.4 Å². The standard InChI is InChI=1S/C32H52N14/c1-39(2)29(40(3)4)35-25-17-21-22(18-26(25)36-30(41(5)6)42(7)8)34-24-20-28(38-32(45(13)14)46(15)16)27(19-23(24)33-21)37-31(43(9)10)44(11)12/h17-20H,1-16H3/p+2. The van der Waals surface area contributed by atoms with Crippen LogP contribution in [0.3, 0.4) is 0 Å². The van der Waals surface area contributed by atoms with Crippen LogP contribution >= 0.6 is 0 Å². The second-order valence-corrected chi connectivity index (χ2v) is 12.8. The molecule has 0 saturated carbocycles. The molecule has 0 aliphatic heterocycles. The number of aromatic nitrogens is 2. The molecule has 250 valence electrons. The van der Waals surface area contributed by atoms with E-state index in [4.69, 9.17) is 20.0 Å². The molecule has 46 heavy (non-hydrogen) atoms. The quantitative estimate of drug-likeness (QED) is 0.192. The molecular formula is C32H54N14+2. The van der Waals surface area contributed by atoms with Crippen molar-refractivity contribution >= 4 is 68.7 Å². The Bertz CT molecular complexity index is 1550. The molecule has 14 heteroatoms. The van der Waals surface area contributed by atoms with Crippen molar-refractivity contribution in [2.24, 2.45) is 9.98 Å². The maximum Gasteiger partial charge on any atom is 0.352 e. The highest BCUT2D eigenvalue weighted by molar-refractivity contribution is 6.02. The lowest BCUT2D eigenvalue weighted by Gasteiger charge is -2.23. The second-order valence-electron chi connectivity index (χ2n) is 12.8. The summed E-state index contributed by atoms with van der Waals surface area (Å²) in [5.74, 6) is 3.41. The molecule has 0 spiro atoms. The second kappa shape index (κ2) is 14.5. The van der Waals surface area contributed by atoms with Crippen molar-refractivity contribution in [3.05, 3.63) is 24.3 Å². The van der Waals surface area contributed by atoms with Crippen molar-refractivity contribution in [3.8, 4) is 0 Å². The van der Waals surface area contributed by atoms with Gasteiger partial charge in [0.2, 0.25) is 11.9 Å². The lowest BCUT2D eigenvalue weighted by molar-refractivity contribution is -0.469. The number of aliphatic imine (C=N–C) groups is 2. The zero-order chi connectivity index (χ0) is 34.6. The summed E-state index contributed by atoms with van der Waals surface area (Å²) in [6, 6.07) is 8.01. The number of fused-ring (bicyclic) bond motifs is 2. The van der Waals surface area contributed by atoms with Crippen molar-refractivity contribution in [1.82, 2.24) is 39.4 Å². The van der Waals surface area contributed by atoms with Crippen LogP contribution in [0, 0.1) is 0 Å². The Kier molecular flexibility index (Phi) is 11.2. The topological polar surface area (TPSA) is 100 Å². The minimum absolute atomic E-state index is 0.731. The number of rotatable bonds is 4. The van der Waals surface area contributed by atoms with E-state index < -0.39 is 0 Å². The van der Waals surface area contributed by atoms with E-state index in [1.165, 1.54) is 0 Å². The summed E-state index contributed by atoms with van der Waals surface area (Å²) in [7, 11) is 31.9. The van der Waals surface area contributed by atoms with Crippen molar-refractivity contribution < 1.29 is 9.15 Å². The SMILES string of the molecule is CN(C)C(=Nc1cc2nc3cc(N=C(N(C)C)N(C)C)c(NC(N(C)C)=[N+](C)C)cc3nc2cc1NC(N(C)C)=[N+](C)C)N(C)C. The third-order valence-electron chi connectivity index (χ3n) is 6.90. The van der Waals surface area contributed by atoms with Gasteiger partial charge in [-0.3, -0.25) is 19.0 Å². The molecule has 1 heterocycles. The van der Waals surface area contributed by atoms with Crippen LogP contribution in [0.5, 0.6) is 0 Å². The number of guanidine groups is 4. The third kappa shape index (κ3) is 8.23. The van der Waals surface area contributed by atoms with Crippen molar-refractivity contribution in [2.45, 2.75) is 0 Å². The maximum absolute atomic E-state index is 5.12. The van der Waals surface area contributed by atoms with Crippen LogP contribution in [0.4, 0.5) is 22.7 Å². The number of nitrogens with zero attached hydrogens (tertiary/aromatic N) is 12. The summed E-state index contributed by atoms with van der Waals surface area (Å²) in [6.45, 7) is 0. The Labute approximate surface area is 274 Å². The molecule has 2 aromatic carbocycles. The van der Waals surface area contributed by atoms with Crippen molar-refractivity contribution in [1.29, 1.82) is 0 Å². The number of benzene rings is 2. The van der Waals surface area contributed by atoms with Gasteiger partial charge in [0, 0.05) is 68.5 Å². The monoisotopic (exact) mass is 634 g/mol. The van der Waals surface area contributed by atoms with Crippen LogP contribution < -0.4 is 10.6 Å². The van der Waals surface area contributed by atoms with E-state index in [1.807, 2.05) is 176 Å². The molecule has 0 unspecified atom stereocenters. The Morgan fingerprint density at radius 1 is 0.478 bits per heavy atom. The first-order valence-corrected chi connectivity index (χ1v) is 15.0. The fraction of sp³-hybridized carbons (Fsp3) is 0.500. The predicted molar refractivity (Wildman–Crippen MR) is 195 cm³/mol. The molecule has 14 nitrogen and oxygen atoms in total. The minimum Gasteiger partial charge on any atom is -0.349 e. The first-order chi connectivity index (χ1) is 21.4. The zero-order valence-corrected chi connectivity index (χ0v) is 30.7. The molecule has 1 aromatic heterocycles. The molecule has 0 atom stereocenters. The number of nitrogens with one attached hydrogen (secondary N) is 2. The van der Waals surface area contributed by atoms with E-state index in [-0.39, 0.29) is 0 Å². The zero-order valence-electron chi connectivity index (χ0n) is 30.7. The van der Waals surface area contributed by atoms with Crippen molar-refractivity contribution in [2.75, 3.05) is 123 Å². The molecule has 0 aliphatic rings. The Morgan fingerprint density at radius 3 is 1.00 bits per heavy atom. The van der Waals surface area contributed by atoms with E-state index in [2.05, 4.69) is 10.6 Å². The molecule has 2 N–H and O–H groups in total. The van der Waals surface area contributed by atoms with Crippen LogP contribution in [0.15, 0.2) is 34.3 Å². The van der Waals surface area contributed by atoms with Crippen LogP contribution in [0.2, 0.25) is 0 Å². The Morgan fingerprint density at radius 2 is 0.761 bits per heavy atom.